The van der Waals surface area contributed by atoms with E-state index in [0.29, 0.717) is 46.8 Å². The molecule has 7 nitrogen and oxygen atoms in total. The minimum Gasteiger partial charge on any atom is -0.465 e. The van der Waals surface area contributed by atoms with Gasteiger partial charge < -0.3 is 18.6 Å². The number of aryl methyl sites for hydroxylation is 1. The van der Waals surface area contributed by atoms with E-state index in [4.69, 9.17) is 18.6 Å². The van der Waals surface area contributed by atoms with Gasteiger partial charge in [-0.25, -0.2) is 0 Å². The summed E-state index contributed by atoms with van der Waals surface area (Å²) in [5, 5.41) is 0. The summed E-state index contributed by atoms with van der Waals surface area (Å²) in [5.74, 6) is -1.71. The maximum Gasteiger partial charge on any atom is 0.308 e. The molecular weight excluding hydrogens is 508 g/mol. The average molecular weight is 559 g/mol. The van der Waals surface area contributed by atoms with Crippen molar-refractivity contribution in [3.63, 3.8) is 0 Å². The van der Waals surface area contributed by atoms with Crippen LogP contribution in [-0.4, -0.2) is 29.7 Å². The molecule has 1 unspecified atom stereocenters. The Morgan fingerprint density at radius 3 is 2.15 bits per heavy atom. The molecule has 1 aromatic rings. The fraction of sp³-hybridized carbons (Fsp3) is 0.727. The van der Waals surface area contributed by atoms with Crippen LogP contribution in [0, 0.1) is 43.4 Å². The molecule has 0 N–H and O–H groups in total. The summed E-state index contributed by atoms with van der Waals surface area (Å²) in [7, 11) is 0. The first-order chi connectivity index (χ1) is 18.7. The van der Waals surface area contributed by atoms with Gasteiger partial charge in [0.05, 0.1) is 23.9 Å². The molecule has 1 spiro atoms. The van der Waals surface area contributed by atoms with Crippen molar-refractivity contribution in [1.29, 1.82) is 0 Å². The van der Waals surface area contributed by atoms with Crippen molar-refractivity contribution in [2.75, 3.05) is 0 Å². The van der Waals surface area contributed by atoms with Gasteiger partial charge in [0, 0.05) is 40.9 Å². The Morgan fingerprint density at radius 1 is 0.975 bits per heavy atom. The highest BCUT2D eigenvalue weighted by molar-refractivity contribution is 5.98. The summed E-state index contributed by atoms with van der Waals surface area (Å²) >= 11 is 0. The molecule has 1 saturated heterocycles. The second-order valence-electron chi connectivity index (χ2n) is 12.3. The van der Waals surface area contributed by atoms with Crippen molar-refractivity contribution in [2.45, 2.75) is 126 Å². The number of hydrogen-bond acceptors (Lipinski definition) is 7. The van der Waals surface area contributed by atoms with Gasteiger partial charge in [0.15, 0.2) is 11.2 Å². The summed E-state index contributed by atoms with van der Waals surface area (Å²) in [6.07, 6.45) is 0.934. The highest BCUT2D eigenvalue weighted by atomic mass is 16.7. The van der Waals surface area contributed by atoms with Crippen LogP contribution in [0.4, 0.5) is 0 Å². The van der Waals surface area contributed by atoms with Gasteiger partial charge in [-0.05, 0) is 40.5 Å². The van der Waals surface area contributed by atoms with E-state index in [1.54, 1.807) is 13.8 Å². The predicted octanol–water partition coefficient (Wildman–Crippen LogP) is 6.80. The third-order valence-electron chi connectivity index (χ3n) is 9.75. The minimum absolute atomic E-state index is 0.0185. The van der Waals surface area contributed by atoms with E-state index in [1.807, 2.05) is 62.3 Å². The topological polar surface area (TPSA) is 92.0 Å². The molecule has 0 aliphatic carbocycles. The molecular formula is C33H50O7. The van der Waals surface area contributed by atoms with Crippen LogP contribution in [0.15, 0.2) is 20.5 Å². The van der Waals surface area contributed by atoms with Crippen LogP contribution >= 0.6 is 0 Å². The molecule has 224 valence electrons. The van der Waals surface area contributed by atoms with E-state index in [1.165, 1.54) is 0 Å². The van der Waals surface area contributed by atoms with Crippen LogP contribution in [0.2, 0.25) is 0 Å². The van der Waals surface area contributed by atoms with Gasteiger partial charge in [0.2, 0.25) is 5.79 Å². The monoisotopic (exact) mass is 558 g/mol. The lowest BCUT2D eigenvalue weighted by Crippen LogP contribution is -2.65. The van der Waals surface area contributed by atoms with Crippen LogP contribution < -0.4 is 5.43 Å². The van der Waals surface area contributed by atoms with Crippen molar-refractivity contribution >= 4 is 11.8 Å². The zero-order chi connectivity index (χ0) is 30.3. The van der Waals surface area contributed by atoms with Gasteiger partial charge in [0.25, 0.3) is 0 Å². The summed E-state index contributed by atoms with van der Waals surface area (Å²) in [6, 6.07) is 0. The number of ether oxygens (including phenoxy) is 3. The number of carbonyl (C=O) groups excluding carboxylic acids is 2. The summed E-state index contributed by atoms with van der Waals surface area (Å²) < 4.78 is 26.4. The first-order valence-electron chi connectivity index (χ1n) is 15.1. The Kier molecular flexibility index (Phi) is 9.81. The molecule has 9 atom stereocenters. The number of esters is 1. The molecule has 0 radical (unpaired) electrons. The predicted molar refractivity (Wildman–Crippen MR) is 155 cm³/mol. The summed E-state index contributed by atoms with van der Waals surface area (Å²) in [4.78, 5) is 40.0. The van der Waals surface area contributed by atoms with Crippen LogP contribution in [0.5, 0.6) is 0 Å². The largest absolute Gasteiger partial charge is 0.465 e. The Labute approximate surface area is 240 Å². The van der Waals surface area contributed by atoms with Crippen molar-refractivity contribution in [3.05, 3.63) is 44.2 Å². The van der Waals surface area contributed by atoms with Crippen molar-refractivity contribution in [3.8, 4) is 0 Å². The van der Waals surface area contributed by atoms with Crippen molar-refractivity contribution < 1.29 is 28.2 Å². The van der Waals surface area contributed by atoms with Gasteiger partial charge >= 0.3 is 5.97 Å². The number of allylic oxidation sites excluding steroid dienone is 2. The third kappa shape index (κ3) is 5.31. The molecule has 2 aliphatic rings. The van der Waals surface area contributed by atoms with Crippen LogP contribution in [0.1, 0.15) is 111 Å². The smallest absolute Gasteiger partial charge is 0.308 e. The Morgan fingerprint density at radius 2 is 1.60 bits per heavy atom. The molecule has 7 heteroatoms. The molecule has 1 fully saturated rings. The second-order valence-corrected chi connectivity index (χ2v) is 12.3. The number of hydrogen-bond donors (Lipinski definition) is 0. The summed E-state index contributed by atoms with van der Waals surface area (Å²) in [6.45, 7) is 23.1. The molecule has 40 heavy (non-hydrogen) atoms. The minimum atomic E-state index is -1.34. The molecule has 1 aromatic heterocycles. The van der Waals surface area contributed by atoms with E-state index < -0.39 is 29.8 Å². The van der Waals surface area contributed by atoms with Gasteiger partial charge in [-0.2, -0.15) is 0 Å². The number of ketones is 1. The zero-order valence-corrected chi connectivity index (χ0v) is 26.6. The Bertz CT molecular complexity index is 1210. The highest BCUT2D eigenvalue weighted by Crippen LogP contribution is 2.52. The Hall–Kier alpha value is -2.41. The van der Waals surface area contributed by atoms with Crippen LogP contribution in [0.3, 0.4) is 0 Å². The van der Waals surface area contributed by atoms with E-state index in [2.05, 4.69) is 6.92 Å². The molecule has 3 heterocycles. The van der Waals surface area contributed by atoms with Crippen LogP contribution in [-0.2, 0) is 30.2 Å². The molecule has 3 rings (SSSR count). The van der Waals surface area contributed by atoms with E-state index in [0.717, 1.165) is 6.42 Å². The maximum absolute atomic E-state index is 13.7. The lowest BCUT2D eigenvalue weighted by atomic mass is 9.70. The SMILES string of the molecule is CCc1oc([C@H](C)[C@@H]2O[C@@]3(OC([C@H](C)CC)=C(C)C(=O)[C@@H]3C)[C@@H](C)[C@@H](OC(=O)C(C)CC)[C@@H]2C)c(C)c(=O)c1C. The van der Waals surface area contributed by atoms with Gasteiger partial charge in [0.1, 0.15) is 23.4 Å². The lowest BCUT2D eigenvalue weighted by Gasteiger charge is -2.56. The normalized spacial score (nSPS) is 31.1. The van der Waals surface area contributed by atoms with Crippen molar-refractivity contribution in [2.24, 2.45) is 29.6 Å². The van der Waals surface area contributed by atoms with E-state index >= 15 is 0 Å². The lowest BCUT2D eigenvalue weighted by molar-refractivity contribution is -0.347. The number of Topliss-reactive ketones (excluding diaryl/α,β-unsaturated/α-hetero) is 1. The second kappa shape index (κ2) is 12.2. The van der Waals surface area contributed by atoms with Gasteiger partial charge in [-0.15, -0.1) is 0 Å². The van der Waals surface area contributed by atoms with E-state index in [9.17, 15) is 14.4 Å². The molecule has 0 bridgehead atoms. The van der Waals surface area contributed by atoms with E-state index in [-0.39, 0.29) is 40.9 Å². The highest BCUT2D eigenvalue weighted by Gasteiger charge is 2.62. The number of carbonyl (C=O) groups is 2. The van der Waals surface area contributed by atoms with Crippen LogP contribution in [0.25, 0.3) is 0 Å². The van der Waals surface area contributed by atoms with Crippen molar-refractivity contribution in [1.82, 2.24) is 0 Å². The fourth-order valence-electron chi connectivity index (χ4n) is 6.44. The molecule has 0 amide bonds. The molecule has 2 aliphatic heterocycles. The first-order valence-corrected chi connectivity index (χ1v) is 15.1. The fourth-order valence-corrected chi connectivity index (χ4v) is 6.44. The quantitative estimate of drug-likeness (QED) is 0.324. The molecule has 0 saturated carbocycles. The Balaban J connectivity index is 2.20. The standard InChI is InChI=1S/C33H50O7/c1-13-16(4)28-20(8)27(35)23(11)33(39-28)24(12)31(38-32(36)17(5)14-2)22(10)30(40-33)21(9)29-19(7)26(34)18(6)25(15-3)37-29/h16-17,21-24,30-31H,13-15H2,1-12H3/t16-,17?,21+,22-,23+,24+,30+,31+,33-/m1/s1. The first kappa shape index (κ1) is 32.1. The summed E-state index contributed by atoms with van der Waals surface area (Å²) in [5.41, 5.74) is 1.75. The number of rotatable bonds is 8. The maximum atomic E-state index is 13.7. The zero-order valence-electron chi connectivity index (χ0n) is 26.6. The average Bonchev–Trinajstić information content (AvgIpc) is 2.95. The molecule has 0 aromatic carbocycles. The van der Waals surface area contributed by atoms with Gasteiger partial charge in [-0.3, -0.25) is 14.4 Å². The van der Waals surface area contributed by atoms with Gasteiger partial charge in [-0.1, -0.05) is 55.4 Å². The third-order valence-corrected chi connectivity index (χ3v) is 9.75.